The van der Waals surface area contributed by atoms with Gasteiger partial charge in [-0.05, 0) is 39.0 Å². The molecule has 0 amide bonds. The van der Waals surface area contributed by atoms with E-state index < -0.39 is 11.7 Å². The summed E-state index contributed by atoms with van der Waals surface area (Å²) in [6.45, 7) is 6.26. The van der Waals surface area contributed by atoms with Crippen molar-refractivity contribution in [3.63, 3.8) is 0 Å². The lowest BCUT2D eigenvalue weighted by Crippen LogP contribution is -2.07. The molecule has 98 valence electrons. The Kier molecular flexibility index (Phi) is 4.28. The molecule has 0 saturated carbocycles. The molecule has 0 aliphatic rings. The zero-order valence-electron chi connectivity index (χ0n) is 10.7. The summed E-state index contributed by atoms with van der Waals surface area (Å²) in [6.07, 6.45) is -4.31. The highest BCUT2D eigenvalue weighted by Gasteiger charge is 2.30. The van der Waals surface area contributed by atoms with Gasteiger partial charge < -0.3 is 5.32 Å². The molecule has 1 aromatic rings. The molecule has 0 aliphatic heterocycles. The Morgan fingerprint density at radius 2 is 1.83 bits per heavy atom. The fourth-order valence-electron chi connectivity index (χ4n) is 1.26. The molecule has 1 rings (SSSR count). The monoisotopic (exact) mass is 255 g/mol. The first-order chi connectivity index (χ1) is 8.18. The molecule has 0 bridgehead atoms. The smallest absolute Gasteiger partial charge is 0.374 e. The molecule has 0 atom stereocenters. The summed E-state index contributed by atoms with van der Waals surface area (Å²) < 4.78 is 37.4. The van der Waals surface area contributed by atoms with Crippen molar-refractivity contribution in [2.45, 2.75) is 26.9 Å². The maximum Gasteiger partial charge on any atom is 0.416 e. The van der Waals surface area contributed by atoms with Crippen molar-refractivity contribution in [1.82, 2.24) is 0 Å². The second-order valence-electron chi connectivity index (χ2n) is 4.98. The third-order valence-electron chi connectivity index (χ3n) is 2.03. The van der Waals surface area contributed by atoms with Crippen LogP contribution >= 0.6 is 0 Å². The molecule has 0 heterocycles. The second-order valence-corrected chi connectivity index (χ2v) is 4.98. The van der Waals surface area contributed by atoms with Crippen LogP contribution in [0, 0.1) is 17.3 Å². The summed E-state index contributed by atoms with van der Waals surface area (Å²) in [5.74, 6) is 5.89. The Bertz CT molecular complexity index is 458. The number of alkyl halides is 3. The number of hydrogen-bond donors (Lipinski definition) is 1. The molecule has 1 N–H and O–H groups in total. The van der Waals surface area contributed by atoms with Crippen LogP contribution in [0.3, 0.4) is 0 Å². The number of hydrogen-bond acceptors (Lipinski definition) is 1. The normalized spacial score (nSPS) is 11.7. The fraction of sp³-hybridized carbons (Fsp3) is 0.429. The molecule has 0 saturated heterocycles. The summed E-state index contributed by atoms with van der Waals surface area (Å²) in [4.78, 5) is 0. The van der Waals surface area contributed by atoms with Crippen molar-refractivity contribution in [2.24, 2.45) is 5.41 Å². The standard InChI is InChI=1S/C14H16F3N/c1-13(2,3)8-5-9-18-12-7-4-6-11(10-12)14(15,16)17/h4,6-7,10,18H,9H2,1-3H3. The summed E-state index contributed by atoms with van der Waals surface area (Å²) in [6, 6.07) is 5.10. The number of anilines is 1. The van der Waals surface area contributed by atoms with E-state index in [1.54, 1.807) is 6.07 Å². The van der Waals surface area contributed by atoms with Crippen LogP contribution in [0.1, 0.15) is 26.3 Å². The predicted molar refractivity (Wildman–Crippen MR) is 67.2 cm³/mol. The van der Waals surface area contributed by atoms with Gasteiger partial charge in [0.25, 0.3) is 0 Å². The molecular weight excluding hydrogens is 239 g/mol. The molecular formula is C14H16F3N. The number of rotatable bonds is 2. The van der Waals surface area contributed by atoms with E-state index in [1.165, 1.54) is 6.07 Å². The zero-order valence-corrected chi connectivity index (χ0v) is 10.7. The van der Waals surface area contributed by atoms with Gasteiger partial charge in [-0.1, -0.05) is 17.9 Å². The SMILES string of the molecule is CC(C)(C)C#CCNc1cccc(C(F)(F)F)c1. The molecule has 18 heavy (non-hydrogen) atoms. The average molecular weight is 255 g/mol. The molecule has 0 aliphatic carbocycles. The first-order valence-corrected chi connectivity index (χ1v) is 5.60. The van der Waals surface area contributed by atoms with Crippen molar-refractivity contribution in [3.05, 3.63) is 29.8 Å². The maximum absolute atomic E-state index is 12.5. The average Bonchev–Trinajstić information content (AvgIpc) is 2.22. The van der Waals surface area contributed by atoms with Crippen molar-refractivity contribution in [3.8, 4) is 11.8 Å². The predicted octanol–water partition coefficient (Wildman–Crippen LogP) is 4.17. The van der Waals surface area contributed by atoms with Crippen LogP contribution in [0.5, 0.6) is 0 Å². The van der Waals surface area contributed by atoms with E-state index in [0.717, 1.165) is 12.1 Å². The number of halogens is 3. The van der Waals surface area contributed by atoms with E-state index in [2.05, 4.69) is 17.2 Å². The van der Waals surface area contributed by atoms with Gasteiger partial charge >= 0.3 is 6.18 Å². The van der Waals surface area contributed by atoms with Crippen LogP contribution in [0.4, 0.5) is 18.9 Å². The van der Waals surface area contributed by atoms with E-state index in [4.69, 9.17) is 0 Å². The van der Waals surface area contributed by atoms with E-state index in [9.17, 15) is 13.2 Å². The van der Waals surface area contributed by atoms with Gasteiger partial charge in [-0.25, -0.2) is 0 Å². The first-order valence-electron chi connectivity index (χ1n) is 5.60. The molecule has 1 aromatic carbocycles. The Morgan fingerprint density at radius 3 is 2.39 bits per heavy atom. The van der Waals surface area contributed by atoms with Gasteiger partial charge in [0, 0.05) is 11.1 Å². The minimum Gasteiger partial charge on any atom is -0.374 e. The zero-order chi connectivity index (χ0) is 13.8. The lowest BCUT2D eigenvalue weighted by atomic mass is 9.98. The molecule has 0 spiro atoms. The lowest BCUT2D eigenvalue weighted by molar-refractivity contribution is -0.137. The van der Waals surface area contributed by atoms with Gasteiger partial charge in [0.2, 0.25) is 0 Å². The summed E-state index contributed by atoms with van der Waals surface area (Å²) in [5.41, 5.74) is -0.334. The minimum atomic E-state index is -4.31. The van der Waals surface area contributed by atoms with E-state index in [-0.39, 0.29) is 5.41 Å². The minimum absolute atomic E-state index is 0.102. The van der Waals surface area contributed by atoms with Gasteiger partial charge in [0.05, 0.1) is 12.1 Å². The van der Waals surface area contributed by atoms with E-state index in [1.807, 2.05) is 20.8 Å². The highest BCUT2D eigenvalue weighted by atomic mass is 19.4. The van der Waals surface area contributed by atoms with Crippen LogP contribution in [0.15, 0.2) is 24.3 Å². The molecule has 0 fully saturated rings. The summed E-state index contributed by atoms with van der Waals surface area (Å²) >= 11 is 0. The van der Waals surface area contributed by atoms with Crippen LogP contribution in [0.25, 0.3) is 0 Å². The van der Waals surface area contributed by atoms with Crippen molar-refractivity contribution in [2.75, 3.05) is 11.9 Å². The Balaban J connectivity index is 2.66. The Labute approximate surface area is 105 Å². The molecule has 0 radical (unpaired) electrons. The van der Waals surface area contributed by atoms with Crippen LogP contribution < -0.4 is 5.32 Å². The Hall–Kier alpha value is -1.63. The van der Waals surface area contributed by atoms with Crippen LogP contribution in [-0.4, -0.2) is 6.54 Å². The first kappa shape index (κ1) is 14.4. The summed E-state index contributed by atoms with van der Waals surface area (Å²) in [5, 5.41) is 2.86. The topological polar surface area (TPSA) is 12.0 Å². The van der Waals surface area contributed by atoms with Gasteiger partial charge in [-0.2, -0.15) is 13.2 Å². The highest BCUT2D eigenvalue weighted by molar-refractivity contribution is 5.47. The van der Waals surface area contributed by atoms with Gasteiger partial charge in [-0.3, -0.25) is 0 Å². The lowest BCUT2D eigenvalue weighted by Gasteiger charge is -2.09. The summed E-state index contributed by atoms with van der Waals surface area (Å²) in [7, 11) is 0. The van der Waals surface area contributed by atoms with Gasteiger partial charge in [-0.15, -0.1) is 0 Å². The fourth-order valence-corrected chi connectivity index (χ4v) is 1.26. The second kappa shape index (κ2) is 5.34. The maximum atomic E-state index is 12.5. The van der Waals surface area contributed by atoms with Gasteiger partial charge in [0.1, 0.15) is 0 Å². The van der Waals surface area contributed by atoms with Crippen molar-refractivity contribution < 1.29 is 13.2 Å². The van der Waals surface area contributed by atoms with E-state index in [0.29, 0.717) is 12.2 Å². The third-order valence-corrected chi connectivity index (χ3v) is 2.03. The van der Waals surface area contributed by atoms with Crippen molar-refractivity contribution >= 4 is 5.69 Å². The largest absolute Gasteiger partial charge is 0.416 e. The third kappa shape index (κ3) is 5.13. The molecule has 1 nitrogen and oxygen atoms in total. The van der Waals surface area contributed by atoms with Crippen molar-refractivity contribution in [1.29, 1.82) is 0 Å². The van der Waals surface area contributed by atoms with E-state index >= 15 is 0 Å². The quantitative estimate of drug-likeness (QED) is 0.782. The van der Waals surface area contributed by atoms with Gasteiger partial charge in [0.15, 0.2) is 0 Å². The van der Waals surface area contributed by atoms with Crippen LogP contribution in [0.2, 0.25) is 0 Å². The molecule has 4 heteroatoms. The Morgan fingerprint density at radius 1 is 1.17 bits per heavy atom. The molecule has 0 aromatic heterocycles. The number of benzene rings is 1. The molecule has 0 unspecified atom stereocenters. The highest BCUT2D eigenvalue weighted by Crippen LogP contribution is 2.30. The number of nitrogens with one attached hydrogen (secondary N) is 1. The van der Waals surface area contributed by atoms with Crippen LogP contribution in [-0.2, 0) is 6.18 Å².